The second-order valence-corrected chi connectivity index (χ2v) is 6.52. The largest absolute Gasteiger partial charge is 0.381 e. The van der Waals surface area contributed by atoms with Crippen LogP contribution >= 0.6 is 0 Å². The number of hydrogen-bond donors (Lipinski definition) is 0. The van der Waals surface area contributed by atoms with E-state index in [1.54, 1.807) is 0 Å². The Morgan fingerprint density at radius 2 is 2.10 bits per heavy atom. The van der Waals surface area contributed by atoms with E-state index in [4.69, 9.17) is 4.74 Å². The molecule has 1 aromatic heterocycles. The molecule has 2 aliphatic rings. The van der Waals surface area contributed by atoms with Crippen LogP contribution in [0.3, 0.4) is 0 Å². The van der Waals surface area contributed by atoms with Gasteiger partial charge in [0.15, 0.2) is 0 Å². The third-order valence-electron chi connectivity index (χ3n) is 4.83. The van der Waals surface area contributed by atoms with Gasteiger partial charge in [-0.15, -0.1) is 0 Å². The summed E-state index contributed by atoms with van der Waals surface area (Å²) in [5.74, 6) is 0.724. The van der Waals surface area contributed by atoms with Crippen LogP contribution in [0, 0.1) is 19.8 Å². The standard InChI is InChI=1S/C16H27N3O/c1-12-16(13(2)18(3)17-12)10-19(15-6-7-15)9-14-5-4-8-20-11-14/h14-15H,4-11H2,1-3H3. The highest BCUT2D eigenvalue weighted by molar-refractivity contribution is 5.24. The molecule has 4 nitrogen and oxygen atoms in total. The zero-order valence-electron chi connectivity index (χ0n) is 13.1. The van der Waals surface area contributed by atoms with Gasteiger partial charge in [-0.1, -0.05) is 0 Å². The number of aromatic nitrogens is 2. The van der Waals surface area contributed by atoms with Gasteiger partial charge in [0.2, 0.25) is 0 Å². The van der Waals surface area contributed by atoms with Crippen molar-refractivity contribution in [2.24, 2.45) is 13.0 Å². The summed E-state index contributed by atoms with van der Waals surface area (Å²) in [5.41, 5.74) is 3.93. The molecule has 0 aromatic carbocycles. The first-order valence-electron chi connectivity index (χ1n) is 7.96. The molecule has 1 saturated heterocycles. The van der Waals surface area contributed by atoms with Gasteiger partial charge in [0, 0.05) is 44.0 Å². The van der Waals surface area contributed by atoms with Crippen molar-refractivity contribution < 1.29 is 4.74 Å². The third kappa shape index (κ3) is 3.07. The van der Waals surface area contributed by atoms with Crippen molar-refractivity contribution in [1.29, 1.82) is 0 Å². The van der Waals surface area contributed by atoms with E-state index in [-0.39, 0.29) is 0 Å². The van der Waals surface area contributed by atoms with Crippen molar-refractivity contribution in [2.45, 2.75) is 52.1 Å². The van der Waals surface area contributed by atoms with Crippen molar-refractivity contribution in [3.8, 4) is 0 Å². The summed E-state index contributed by atoms with van der Waals surface area (Å²) < 4.78 is 7.66. The molecule has 2 heterocycles. The van der Waals surface area contributed by atoms with Crippen LogP contribution in [0.1, 0.15) is 42.6 Å². The van der Waals surface area contributed by atoms with Gasteiger partial charge >= 0.3 is 0 Å². The van der Waals surface area contributed by atoms with Gasteiger partial charge in [-0.2, -0.15) is 5.10 Å². The van der Waals surface area contributed by atoms with Crippen LogP contribution in [0.4, 0.5) is 0 Å². The quantitative estimate of drug-likeness (QED) is 0.828. The molecule has 20 heavy (non-hydrogen) atoms. The van der Waals surface area contributed by atoms with Gasteiger partial charge in [0.05, 0.1) is 12.3 Å². The lowest BCUT2D eigenvalue weighted by Crippen LogP contribution is -2.35. The predicted octanol–water partition coefficient (Wildman–Crippen LogP) is 2.43. The minimum Gasteiger partial charge on any atom is -0.381 e. The van der Waals surface area contributed by atoms with E-state index in [0.717, 1.165) is 31.7 Å². The summed E-state index contributed by atoms with van der Waals surface area (Å²) in [7, 11) is 2.04. The number of ether oxygens (including phenoxy) is 1. The summed E-state index contributed by atoms with van der Waals surface area (Å²) in [6, 6.07) is 0.802. The fourth-order valence-corrected chi connectivity index (χ4v) is 3.31. The average molecular weight is 277 g/mol. The summed E-state index contributed by atoms with van der Waals surface area (Å²) in [6.45, 7) is 8.49. The van der Waals surface area contributed by atoms with Gasteiger partial charge in [0.25, 0.3) is 0 Å². The Bertz CT molecular complexity index is 459. The monoisotopic (exact) mass is 277 g/mol. The molecular weight excluding hydrogens is 250 g/mol. The number of aryl methyl sites for hydroxylation is 2. The Kier molecular flexibility index (Phi) is 4.13. The number of hydrogen-bond acceptors (Lipinski definition) is 3. The first-order chi connectivity index (χ1) is 9.65. The van der Waals surface area contributed by atoms with E-state index in [1.807, 2.05) is 11.7 Å². The fourth-order valence-electron chi connectivity index (χ4n) is 3.31. The van der Waals surface area contributed by atoms with Crippen molar-refractivity contribution >= 4 is 0 Å². The van der Waals surface area contributed by atoms with Gasteiger partial charge in [0.1, 0.15) is 0 Å². The minimum absolute atomic E-state index is 0.724. The van der Waals surface area contributed by atoms with Crippen molar-refractivity contribution in [1.82, 2.24) is 14.7 Å². The molecule has 1 atom stereocenters. The average Bonchev–Trinajstić information content (AvgIpc) is 3.24. The molecule has 0 radical (unpaired) electrons. The van der Waals surface area contributed by atoms with Gasteiger partial charge in [-0.05, 0) is 45.4 Å². The van der Waals surface area contributed by atoms with E-state index in [1.165, 1.54) is 49.2 Å². The molecule has 0 amide bonds. The fraction of sp³-hybridized carbons (Fsp3) is 0.812. The molecule has 1 aliphatic heterocycles. The van der Waals surface area contributed by atoms with Crippen LogP contribution in [0.15, 0.2) is 0 Å². The Morgan fingerprint density at radius 1 is 1.30 bits per heavy atom. The summed E-state index contributed by atoms with van der Waals surface area (Å²) in [4.78, 5) is 2.68. The maximum absolute atomic E-state index is 5.64. The molecule has 4 heteroatoms. The minimum atomic E-state index is 0.724. The van der Waals surface area contributed by atoms with Crippen molar-refractivity contribution in [3.05, 3.63) is 17.0 Å². The summed E-state index contributed by atoms with van der Waals surface area (Å²) in [6.07, 6.45) is 5.29. The van der Waals surface area contributed by atoms with Crippen LogP contribution in [-0.4, -0.2) is 40.5 Å². The lowest BCUT2D eigenvalue weighted by atomic mass is 10.0. The van der Waals surface area contributed by atoms with E-state index in [0.29, 0.717) is 0 Å². The predicted molar refractivity (Wildman–Crippen MR) is 79.7 cm³/mol. The van der Waals surface area contributed by atoms with E-state index in [9.17, 15) is 0 Å². The molecule has 1 aromatic rings. The molecule has 1 unspecified atom stereocenters. The molecule has 112 valence electrons. The highest BCUT2D eigenvalue weighted by atomic mass is 16.5. The SMILES string of the molecule is Cc1nn(C)c(C)c1CN(CC1CCCOC1)C1CC1. The van der Waals surface area contributed by atoms with Crippen molar-refractivity contribution in [2.75, 3.05) is 19.8 Å². The molecule has 0 bridgehead atoms. The highest BCUT2D eigenvalue weighted by Gasteiger charge is 2.32. The number of nitrogens with zero attached hydrogens (tertiary/aromatic N) is 3. The van der Waals surface area contributed by atoms with Crippen LogP contribution in [0.25, 0.3) is 0 Å². The van der Waals surface area contributed by atoms with Gasteiger partial charge < -0.3 is 4.74 Å². The Balaban J connectivity index is 1.67. The second kappa shape index (κ2) is 5.86. The van der Waals surface area contributed by atoms with E-state index in [2.05, 4.69) is 23.8 Å². The Morgan fingerprint density at radius 3 is 2.65 bits per heavy atom. The van der Waals surface area contributed by atoms with Crippen LogP contribution < -0.4 is 0 Å². The maximum atomic E-state index is 5.64. The zero-order valence-corrected chi connectivity index (χ0v) is 13.1. The first kappa shape index (κ1) is 14.1. The van der Waals surface area contributed by atoms with Crippen molar-refractivity contribution in [3.63, 3.8) is 0 Å². The normalized spacial score (nSPS) is 23.5. The van der Waals surface area contributed by atoms with Crippen LogP contribution in [0.2, 0.25) is 0 Å². The van der Waals surface area contributed by atoms with Crippen LogP contribution in [-0.2, 0) is 18.3 Å². The van der Waals surface area contributed by atoms with E-state index >= 15 is 0 Å². The molecule has 2 fully saturated rings. The molecule has 1 aliphatic carbocycles. The highest BCUT2D eigenvalue weighted by Crippen LogP contribution is 2.31. The lowest BCUT2D eigenvalue weighted by molar-refractivity contribution is 0.0357. The Labute approximate surface area is 122 Å². The first-order valence-corrected chi connectivity index (χ1v) is 7.96. The molecule has 0 spiro atoms. The van der Waals surface area contributed by atoms with Crippen LogP contribution in [0.5, 0.6) is 0 Å². The molecular formula is C16H27N3O. The molecule has 1 saturated carbocycles. The third-order valence-corrected chi connectivity index (χ3v) is 4.83. The Hall–Kier alpha value is -0.870. The number of rotatable bonds is 5. The maximum Gasteiger partial charge on any atom is 0.0641 e. The zero-order chi connectivity index (χ0) is 14.1. The summed E-state index contributed by atoms with van der Waals surface area (Å²) in [5, 5.41) is 4.56. The smallest absolute Gasteiger partial charge is 0.0641 e. The molecule has 3 rings (SSSR count). The topological polar surface area (TPSA) is 30.3 Å². The van der Waals surface area contributed by atoms with E-state index < -0.39 is 0 Å². The summed E-state index contributed by atoms with van der Waals surface area (Å²) >= 11 is 0. The van der Waals surface area contributed by atoms with Gasteiger partial charge in [-0.3, -0.25) is 9.58 Å². The van der Waals surface area contributed by atoms with Gasteiger partial charge in [-0.25, -0.2) is 0 Å². The lowest BCUT2D eigenvalue weighted by Gasteiger charge is -2.30. The molecule has 0 N–H and O–H groups in total. The second-order valence-electron chi connectivity index (χ2n) is 6.52.